The van der Waals surface area contributed by atoms with Crippen LogP contribution in [0.15, 0.2) is 17.5 Å². The monoisotopic (exact) mass is 527 g/mol. The summed E-state index contributed by atoms with van der Waals surface area (Å²) in [6.07, 6.45) is 3.86. The molecule has 0 aliphatic rings. The number of aliphatic imine (C=N–C) groups is 1. The van der Waals surface area contributed by atoms with Gasteiger partial charge in [-0.2, -0.15) is 12.6 Å². The van der Waals surface area contributed by atoms with Crippen molar-refractivity contribution in [2.24, 2.45) is 28.1 Å². The lowest BCUT2D eigenvalue weighted by Crippen LogP contribution is -2.58. The van der Waals surface area contributed by atoms with Crippen molar-refractivity contribution in [2.75, 3.05) is 12.3 Å². The second kappa shape index (κ2) is 15.6. The van der Waals surface area contributed by atoms with E-state index in [-0.39, 0.29) is 36.9 Å². The smallest absolute Gasteiger partial charge is 0.326 e. The normalized spacial score (nSPS) is 14.2. The van der Waals surface area contributed by atoms with E-state index in [0.717, 1.165) is 0 Å². The number of H-pyrrole nitrogens is 1. The Kier molecular flexibility index (Phi) is 13.3. The Morgan fingerprint density at radius 3 is 2.22 bits per heavy atom. The van der Waals surface area contributed by atoms with Crippen molar-refractivity contribution in [3.8, 4) is 0 Å². The van der Waals surface area contributed by atoms with E-state index in [0.29, 0.717) is 18.7 Å². The molecule has 0 fully saturated rings. The number of amides is 3. The number of hydrogen-bond acceptors (Lipinski definition) is 8. The number of hydrogen-bond donors (Lipinski definition) is 9. The van der Waals surface area contributed by atoms with Gasteiger partial charge in [-0.3, -0.25) is 19.4 Å². The molecule has 0 aromatic carbocycles. The lowest BCUT2D eigenvalue weighted by molar-refractivity contribution is -0.142. The predicted molar refractivity (Wildman–Crippen MR) is 137 cm³/mol. The number of nitrogens with one attached hydrogen (secondary N) is 4. The largest absolute Gasteiger partial charge is 0.480 e. The summed E-state index contributed by atoms with van der Waals surface area (Å²) < 4.78 is 0. The average molecular weight is 528 g/mol. The summed E-state index contributed by atoms with van der Waals surface area (Å²) in [7, 11) is 0. The maximum absolute atomic E-state index is 13.0. The molecule has 1 aromatic rings. The molecule has 4 unspecified atom stereocenters. The number of aromatic amines is 1. The number of aromatic nitrogens is 2. The summed E-state index contributed by atoms with van der Waals surface area (Å²) in [5, 5.41) is 17.0. The number of guanidine groups is 1. The summed E-state index contributed by atoms with van der Waals surface area (Å²) in [6, 6.07) is -4.27. The van der Waals surface area contributed by atoms with Crippen LogP contribution in [0.5, 0.6) is 0 Å². The van der Waals surface area contributed by atoms with Gasteiger partial charge in [-0.05, 0) is 25.2 Å². The van der Waals surface area contributed by atoms with Gasteiger partial charge in [0, 0.05) is 30.6 Å². The second-order valence-electron chi connectivity index (χ2n) is 8.67. The Labute approximate surface area is 215 Å². The van der Waals surface area contributed by atoms with E-state index in [4.69, 9.17) is 17.2 Å². The first kappa shape index (κ1) is 30.7. The highest BCUT2D eigenvalue weighted by atomic mass is 32.1. The molecule has 0 saturated heterocycles. The van der Waals surface area contributed by atoms with Crippen LogP contribution < -0.4 is 33.2 Å². The van der Waals surface area contributed by atoms with Gasteiger partial charge in [0.05, 0.1) is 12.4 Å². The molecule has 0 aliphatic heterocycles. The van der Waals surface area contributed by atoms with Gasteiger partial charge in [0.25, 0.3) is 0 Å². The minimum atomic E-state index is -1.18. The number of aliphatic carboxylic acids is 1. The minimum absolute atomic E-state index is 0.0134. The van der Waals surface area contributed by atoms with Gasteiger partial charge in [0.15, 0.2) is 5.96 Å². The quantitative estimate of drug-likeness (QED) is 0.0491. The maximum Gasteiger partial charge on any atom is 0.326 e. The number of carboxylic acids is 1. The molecule has 0 radical (unpaired) electrons. The topological polar surface area (TPSA) is 244 Å². The molecule has 3 amide bonds. The number of nitrogens with zero attached hydrogens (tertiary/aromatic N) is 2. The van der Waals surface area contributed by atoms with Crippen molar-refractivity contribution in [1.82, 2.24) is 25.9 Å². The van der Waals surface area contributed by atoms with Gasteiger partial charge in [-0.15, -0.1) is 0 Å². The van der Waals surface area contributed by atoms with E-state index in [1.807, 2.05) is 13.8 Å². The average Bonchev–Trinajstić information content (AvgIpc) is 3.31. The molecule has 36 heavy (non-hydrogen) atoms. The number of rotatable bonds is 16. The van der Waals surface area contributed by atoms with E-state index in [9.17, 15) is 24.3 Å². The Balaban J connectivity index is 2.86. The number of thiol groups is 1. The van der Waals surface area contributed by atoms with Crippen LogP contribution in [-0.2, 0) is 25.6 Å². The van der Waals surface area contributed by atoms with E-state index in [1.165, 1.54) is 12.5 Å². The molecule has 11 N–H and O–H groups in total. The predicted octanol–water partition coefficient (Wildman–Crippen LogP) is -2.15. The van der Waals surface area contributed by atoms with E-state index in [1.54, 1.807) is 0 Å². The lowest BCUT2D eigenvalue weighted by Gasteiger charge is -2.24. The van der Waals surface area contributed by atoms with Crippen LogP contribution in [0.25, 0.3) is 0 Å². The molecule has 4 atom stereocenters. The summed E-state index contributed by atoms with van der Waals surface area (Å²) in [5.41, 5.74) is 16.9. The Bertz CT molecular complexity index is 890. The molecule has 202 valence electrons. The Morgan fingerprint density at radius 2 is 1.69 bits per heavy atom. The molecule has 0 aliphatic carbocycles. The van der Waals surface area contributed by atoms with Gasteiger partial charge < -0.3 is 43.2 Å². The Morgan fingerprint density at radius 1 is 1.08 bits per heavy atom. The van der Waals surface area contributed by atoms with E-state index >= 15 is 0 Å². The van der Waals surface area contributed by atoms with Crippen LogP contribution in [0, 0.1) is 5.92 Å². The summed E-state index contributed by atoms with van der Waals surface area (Å²) in [4.78, 5) is 60.5. The molecule has 0 saturated carbocycles. The third kappa shape index (κ3) is 11.4. The number of imidazole rings is 1. The fourth-order valence-electron chi connectivity index (χ4n) is 3.19. The fraction of sp³-hybridized carbons (Fsp3) is 0.619. The van der Waals surface area contributed by atoms with Crippen molar-refractivity contribution >= 4 is 42.3 Å². The summed E-state index contributed by atoms with van der Waals surface area (Å²) in [5.74, 6) is -3.24. The molecular weight excluding hydrogens is 490 g/mol. The van der Waals surface area contributed by atoms with Crippen molar-refractivity contribution in [2.45, 2.75) is 63.7 Å². The highest BCUT2D eigenvalue weighted by Gasteiger charge is 2.30. The van der Waals surface area contributed by atoms with E-state index in [2.05, 4.69) is 43.5 Å². The van der Waals surface area contributed by atoms with Gasteiger partial charge in [0.2, 0.25) is 17.7 Å². The van der Waals surface area contributed by atoms with E-state index < -0.39 is 47.9 Å². The molecule has 0 bridgehead atoms. The first-order valence-corrected chi connectivity index (χ1v) is 12.1. The zero-order chi connectivity index (χ0) is 27.3. The fourth-order valence-corrected chi connectivity index (χ4v) is 3.44. The maximum atomic E-state index is 13.0. The standard InChI is InChI=1S/C21H37N9O5S/c1-11(2)6-15(20(34)35)29-18(32)14(7-12-8-25-10-27-12)28-19(33)16(9-36)30-17(31)13(22)4-3-5-26-21(23)24/h8,10-11,13-16,36H,3-7,9,22H2,1-2H3,(H,25,27)(H,28,33)(H,29,32)(H,30,31)(H,34,35)(H4,23,24,26). The summed E-state index contributed by atoms with van der Waals surface area (Å²) in [6.45, 7) is 3.97. The highest BCUT2D eigenvalue weighted by molar-refractivity contribution is 7.80. The number of nitrogens with two attached hydrogens (primary N) is 3. The van der Waals surface area contributed by atoms with Crippen LogP contribution in [0.2, 0.25) is 0 Å². The number of carboxylic acid groups (broad SMARTS) is 1. The first-order chi connectivity index (χ1) is 16.9. The van der Waals surface area contributed by atoms with Crippen molar-refractivity contribution in [3.63, 3.8) is 0 Å². The summed E-state index contributed by atoms with van der Waals surface area (Å²) >= 11 is 4.13. The number of carbonyl (C=O) groups is 4. The van der Waals surface area contributed by atoms with Crippen LogP contribution >= 0.6 is 12.6 Å². The van der Waals surface area contributed by atoms with Gasteiger partial charge >= 0.3 is 5.97 Å². The molecule has 1 heterocycles. The van der Waals surface area contributed by atoms with Crippen LogP contribution in [0.3, 0.4) is 0 Å². The van der Waals surface area contributed by atoms with Crippen LogP contribution in [-0.4, -0.2) is 81.2 Å². The third-order valence-corrected chi connectivity index (χ3v) is 5.42. The molecule has 1 rings (SSSR count). The first-order valence-electron chi connectivity index (χ1n) is 11.5. The second-order valence-corrected chi connectivity index (χ2v) is 9.04. The van der Waals surface area contributed by atoms with Gasteiger partial charge in [-0.25, -0.2) is 9.78 Å². The van der Waals surface area contributed by atoms with Gasteiger partial charge in [0.1, 0.15) is 18.1 Å². The number of carbonyl (C=O) groups excluding carboxylic acids is 3. The van der Waals surface area contributed by atoms with Crippen molar-refractivity contribution in [3.05, 3.63) is 18.2 Å². The molecule has 0 spiro atoms. The van der Waals surface area contributed by atoms with Crippen LogP contribution in [0.1, 0.15) is 38.8 Å². The highest BCUT2D eigenvalue weighted by Crippen LogP contribution is 2.07. The molecule has 1 aromatic heterocycles. The molecular formula is C21H37N9O5S. The SMILES string of the molecule is CC(C)CC(NC(=O)C(Cc1cnc[nH]1)NC(=O)C(CS)NC(=O)C(N)CCCN=C(N)N)C(=O)O. The third-order valence-electron chi connectivity index (χ3n) is 5.05. The van der Waals surface area contributed by atoms with Gasteiger partial charge in [-0.1, -0.05) is 13.8 Å². The zero-order valence-corrected chi connectivity index (χ0v) is 21.3. The minimum Gasteiger partial charge on any atom is -0.480 e. The molecule has 14 nitrogen and oxygen atoms in total. The van der Waals surface area contributed by atoms with Crippen molar-refractivity contribution < 1.29 is 24.3 Å². The van der Waals surface area contributed by atoms with Crippen LogP contribution in [0.4, 0.5) is 0 Å². The zero-order valence-electron chi connectivity index (χ0n) is 20.4. The lowest BCUT2D eigenvalue weighted by atomic mass is 10.0. The molecule has 15 heteroatoms. The Hall–Kier alpha value is -3.33. The van der Waals surface area contributed by atoms with Crippen molar-refractivity contribution in [1.29, 1.82) is 0 Å².